The number of likely N-dealkylation sites (tertiary alicyclic amines) is 1. The number of rotatable bonds is 6. The number of amides is 1. The number of nitrogen functional groups attached to an aromatic ring is 1. The highest BCUT2D eigenvalue weighted by atomic mass is 19.4. The number of carbonyl (C=O) groups is 1. The summed E-state index contributed by atoms with van der Waals surface area (Å²) >= 11 is 0. The zero-order chi connectivity index (χ0) is 23.6. The number of halogens is 3. The average Bonchev–Trinajstić information content (AvgIpc) is 3.43. The zero-order valence-electron chi connectivity index (χ0n) is 17.9. The Bertz CT molecular complexity index is 1130. The Morgan fingerprint density at radius 1 is 1.24 bits per heavy atom. The molecular weight excluding hydrogens is 435 g/mol. The van der Waals surface area contributed by atoms with Crippen molar-refractivity contribution < 1.29 is 22.7 Å². The minimum absolute atomic E-state index is 0.0303. The van der Waals surface area contributed by atoms with Gasteiger partial charge in [-0.1, -0.05) is 24.3 Å². The van der Waals surface area contributed by atoms with Crippen LogP contribution in [0.15, 0.2) is 48.7 Å². The number of nitrogens with two attached hydrogens (primary N) is 1. The fourth-order valence-corrected chi connectivity index (χ4v) is 4.07. The normalized spacial score (nSPS) is 16.2. The molecule has 3 aromatic rings. The van der Waals surface area contributed by atoms with Crippen LogP contribution in [0.5, 0.6) is 5.75 Å². The van der Waals surface area contributed by atoms with Crippen LogP contribution in [-0.2, 0) is 4.79 Å². The number of benzene rings is 2. The summed E-state index contributed by atoms with van der Waals surface area (Å²) in [6.07, 6.45) is -1.38. The lowest BCUT2D eigenvalue weighted by molar-refractivity contribution is -0.274. The van der Waals surface area contributed by atoms with Crippen molar-refractivity contribution in [2.75, 3.05) is 25.9 Å². The van der Waals surface area contributed by atoms with Crippen LogP contribution in [0.2, 0.25) is 0 Å². The second kappa shape index (κ2) is 9.14. The van der Waals surface area contributed by atoms with Crippen LogP contribution in [0.1, 0.15) is 24.7 Å². The molecule has 2 heterocycles. The summed E-state index contributed by atoms with van der Waals surface area (Å²) in [6.45, 7) is 0.969. The van der Waals surface area contributed by atoms with E-state index in [0.29, 0.717) is 12.1 Å². The lowest BCUT2D eigenvalue weighted by Gasteiger charge is -2.23. The number of ether oxygens (including phenoxy) is 1. The third-order valence-electron chi connectivity index (χ3n) is 5.55. The predicted molar refractivity (Wildman–Crippen MR) is 118 cm³/mol. The van der Waals surface area contributed by atoms with Gasteiger partial charge < -0.3 is 25.7 Å². The molecule has 0 saturated carbocycles. The van der Waals surface area contributed by atoms with E-state index < -0.39 is 6.36 Å². The summed E-state index contributed by atoms with van der Waals surface area (Å²) in [7, 11) is 1.74. The first-order valence-electron chi connectivity index (χ1n) is 10.5. The maximum atomic E-state index is 12.8. The summed E-state index contributed by atoms with van der Waals surface area (Å²) in [5.41, 5.74) is 8.22. The molecule has 0 aliphatic carbocycles. The Balaban J connectivity index is 1.56. The lowest BCUT2D eigenvalue weighted by Crippen LogP contribution is -2.37. The molecule has 4 N–H and O–H groups in total. The van der Waals surface area contributed by atoms with Crippen molar-refractivity contribution in [3.8, 4) is 28.1 Å². The van der Waals surface area contributed by atoms with Crippen LogP contribution in [0.4, 0.5) is 18.9 Å². The molecule has 174 valence electrons. The van der Waals surface area contributed by atoms with E-state index >= 15 is 0 Å². The number of alkyl halides is 3. The molecule has 4 rings (SSSR count). The Labute approximate surface area is 188 Å². The number of nitrogens with zero attached hydrogens (tertiary/aromatic N) is 2. The van der Waals surface area contributed by atoms with Gasteiger partial charge in [0.05, 0.1) is 24.5 Å². The van der Waals surface area contributed by atoms with E-state index in [9.17, 15) is 18.0 Å². The second-order valence-corrected chi connectivity index (χ2v) is 7.84. The highest BCUT2D eigenvalue weighted by molar-refractivity contribution is 5.79. The van der Waals surface area contributed by atoms with Gasteiger partial charge in [0, 0.05) is 23.9 Å². The molecule has 0 bridgehead atoms. The monoisotopic (exact) mass is 459 g/mol. The second-order valence-electron chi connectivity index (χ2n) is 7.84. The number of carbonyl (C=O) groups excluding carboxylic acids is 1. The topological polar surface area (TPSA) is 96.3 Å². The van der Waals surface area contributed by atoms with Crippen LogP contribution in [0.25, 0.3) is 22.4 Å². The summed E-state index contributed by atoms with van der Waals surface area (Å²) < 4.78 is 42.6. The van der Waals surface area contributed by atoms with Crippen molar-refractivity contribution in [1.82, 2.24) is 20.2 Å². The first-order valence-corrected chi connectivity index (χ1v) is 10.5. The van der Waals surface area contributed by atoms with Crippen LogP contribution in [-0.4, -0.2) is 47.3 Å². The molecule has 10 heteroatoms. The van der Waals surface area contributed by atoms with Gasteiger partial charge in [-0.2, -0.15) is 0 Å². The SMILES string of the molecule is CNCC(=O)N1CCCC1c1ncc(-c2ccc(-c3ccc(N)cc3OC(F)(F)F)cc2)[nH]1. The number of likely N-dealkylation sites (N-methyl/N-ethyl adjacent to an activating group) is 1. The number of hydrogen-bond acceptors (Lipinski definition) is 5. The van der Waals surface area contributed by atoms with Gasteiger partial charge >= 0.3 is 6.36 Å². The first-order chi connectivity index (χ1) is 15.7. The number of anilines is 1. The van der Waals surface area contributed by atoms with E-state index in [1.165, 1.54) is 12.1 Å². The summed E-state index contributed by atoms with van der Waals surface area (Å²) in [5.74, 6) is 0.393. The highest BCUT2D eigenvalue weighted by Gasteiger charge is 2.33. The number of H-pyrrole nitrogens is 1. The Morgan fingerprint density at radius 3 is 2.67 bits per heavy atom. The standard InChI is InChI=1S/C23H24F3N5O2/c1-28-13-21(32)31-10-2-3-19(31)22-29-12-18(30-22)15-6-4-14(5-7-15)17-9-8-16(27)11-20(17)33-23(24,25)26/h4-9,11-12,19,28H,2-3,10,13,27H2,1H3,(H,29,30). The molecule has 7 nitrogen and oxygen atoms in total. The molecule has 1 aliphatic heterocycles. The number of nitrogens with one attached hydrogen (secondary N) is 2. The van der Waals surface area contributed by atoms with E-state index in [1.54, 1.807) is 37.5 Å². The summed E-state index contributed by atoms with van der Waals surface area (Å²) in [4.78, 5) is 21.9. The molecule has 1 atom stereocenters. The van der Waals surface area contributed by atoms with E-state index in [1.807, 2.05) is 4.90 Å². The summed E-state index contributed by atoms with van der Waals surface area (Å²) in [6, 6.07) is 11.1. The largest absolute Gasteiger partial charge is 0.573 e. The van der Waals surface area contributed by atoms with Gasteiger partial charge in [-0.15, -0.1) is 13.2 Å². The zero-order valence-corrected chi connectivity index (χ0v) is 17.9. The van der Waals surface area contributed by atoms with Crippen molar-refractivity contribution in [3.05, 3.63) is 54.5 Å². The average molecular weight is 459 g/mol. The van der Waals surface area contributed by atoms with Gasteiger partial charge in [-0.3, -0.25) is 4.79 Å². The van der Waals surface area contributed by atoms with Crippen molar-refractivity contribution >= 4 is 11.6 Å². The van der Waals surface area contributed by atoms with Gasteiger partial charge in [0.25, 0.3) is 0 Å². The molecule has 1 aliphatic rings. The molecule has 1 saturated heterocycles. The number of imidazole rings is 1. The predicted octanol–water partition coefficient (Wildman–Crippen LogP) is 4.11. The number of hydrogen-bond donors (Lipinski definition) is 3. The van der Waals surface area contributed by atoms with Crippen molar-refractivity contribution in [2.45, 2.75) is 25.2 Å². The molecule has 1 fully saturated rings. The minimum Gasteiger partial charge on any atom is -0.405 e. The third-order valence-corrected chi connectivity index (χ3v) is 5.55. The molecule has 0 radical (unpaired) electrons. The Morgan fingerprint density at radius 2 is 1.97 bits per heavy atom. The van der Waals surface area contributed by atoms with Crippen LogP contribution < -0.4 is 15.8 Å². The number of aromatic nitrogens is 2. The van der Waals surface area contributed by atoms with E-state index in [2.05, 4.69) is 20.0 Å². The highest BCUT2D eigenvalue weighted by Crippen LogP contribution is 2.36. The Hall–Kier alpha value is -3.53. The summed E-state index contributed by atoms with van der Waals surface area (Å²) in [5, 5.41) is 2.89. The third kappa shape index (κ3) is 5.11. The fourth-order valence-electron chi connectivity index (χ4n) is 4.07. The molecule has 0 spiro atoms. The van der Waals surface area contributed by atoms with E-state index in [0.717, 1.165) is 36.0 Å². The van der Waals surface area contributed by atoms with Gasteiger partial charge in [-0.05, 0) is 43.1 Å². The van der Waals surface area contributed by atoms with Crippen LogP contribution in [0.3, 0.4) is 0 Å². The molecule has 1 amide bonds. The van der Waals surface area contributed by atoms with Crippen molar-refractivity contribution in [2.24, 2.45) is 0 Å². The maximum absolute atomic E-state index is 12.8. The maximum Gasteiger partial charge on any atom is 0.573 e. The Kier molecular flexibility index (Phi) is 6.28. The van der Waals surface area contributed by atoms with E-state index in [4.69, 9.17) is 5.73 Å². The number of aromatic amines is 1. The van der Waals surface area contributed by atoms with Crippen LogP contribution >= 0.6 is 0 Å². The molecule has 1 aromatic heterocycles. The van der Waals surface area contributed by atoms with Crippen LogP contribution in [0, 0.1) is 0 Å². The molecule has 33 heavy (non-hydrogen) atoms. The smallest absolute Gasteiger partial charge is 0.405 e. The van der Waals surface area contributed by atoms with Crippen molar-refractivity contribution in [3.63, 3.8) is 0 Å². The van der Waals surface area contributed by atoms with E-state index in [-0.39, 0.29) is 35.5 Å². The van der Waals surface area contributed by atoms with Gasteiger partial charge in [0.1, 0.15) is 11.6 Å². The quantitative estimate of drug-likeness (QED) is 0.482. The van der Waals surface area contributed by atoms with Gasteiger partial charge in [0.15, 0.2) is 0 Å². The fraction of sp³-hybridized carbons (Fsp3) is 0.304. The molecule has 2 aromatic carbocycles. The molecular formula is C23H24F3N5O2. The lowest BCUT2D eigenvalue weighted by atomic mass is 10.0. The van der Waals surface area contributed by atoms with Gasteiger partial charge in [-0.25, -0.2) is 4.98 Å². The molecule has 1 unspecified atom stereocenters. The first kappa shape index (κ1) is 22.7. The van der Waals surface area contributed by atoms with Gasteiger partial charge in [0.2, 0.25) is 5.91 Å². The minimum atomic E-state index is -4.82. The van der Waals surface area contributed by atoms with Crippen molar-refractivity contribution in [1.29, 1.82) is 0 Å².